The Hall–Kier alpha value is -3.42. The van der Waals surface area contributed by atoms with Gasteiger partial charge in [0.05, 0.1) is 41.6 Å². The molecule has 1 aliphatic heterocycles. The van der Waals surface area contributed by atoms with Gasteiger partial charge in [0, 0.05) is 55.7 Å². The van der Waals surface area contributed by atoms with E-state index < -0.39 is 5.60 Å². The molecule has 1 heterocycles. The summed E-state index contributed by atoms with van der Waals surface area (Å²) < 4.78 is 11.7. The van der Waals surface area contributed by atoms with Crippen molar-refractivity contribution in [3.05, 3.63) is 77.5 Å². The van der Waals surface area contributed by atoms with Gasteiger partial charge in [-0.1, -0.05) is 56.3 Å². The Balaban J connectivity index is 1.96. The van der Waals surface area contributed by atoms with Crippen LogP contribution in [0.4, 0.5) is 5.69 Å². The third kappa shape index (κ3) is 8.33. The number of carbonyl (C=O) groups excluding carboxylic acids is 1. The van der Waals surface area contributed by atoms with Crippen molar-refractivity contribution in [2.24, 2.45) is 4.99 Å². The molecule has 0 aromatic heterocycles. The Bertz CT molecular complexity index is 1290. The minimum Gasteiger partial charge on any atom is -0.379 e. The number of unbranched alkanes of at least 4 members (excludes halogenated alkanes) is 1. The molecule has 2 aromatic rings. The molecule has 0 aliphatic carbocycles. The lowest BCUT2D eigenvalue weighted by atomic mass is 9.95. The van der Waals surface area contributed by atoms with Crippen LogP contribution in [0, 0.1) is 0 Å². The van der Waals surface area contributed by atoms with Gasteiger partial charge in [0.15, 0.2) is 0 Å². The molecule has 0 unspecified atom stereocenters. The Morgan fingerprint density at radius 2 is 1.69 bits per heavy atom. The Morgan fingerprint density at radius 3 is 2.33 bits per heavy atom. The molecule has 0 bridgehead atoms. The zero-order valence-electron chi connectivity index (χ0n) is 26.9. The number of fused-ring (bicyclic) bond motifs is 2. The fraction of sp³-hybridized carbons (Fsp3) is 0.486. The lowest BCUT2D eigenvalue weighted by Gasteiger charge is -2.34. The molecule has 7 heteroatoms. The third-order valence-electron chi connectivity index (χ3n) is 7.69. The third-order valence-corrected chi connectivity index (χ3v) is 7.69. The van der Waals surface area contributed by atoms with Gasteiger partial charge in [-0.3, -0.25) is 14.7 Å². The highest BCUT2D eigenvalue weighted by Crippen LogP contribution is 2.39. The zero-order chi connectivity index (χ0) is 30.9. The number of aliphatic imine (C=N–C) groups is 1. The first-order valence-electron chi connectivity index (χ1n) is 15.0. The lowest BCUT2D eigenvalue weighted by Crippen LogP contribution is -2.41. The molecule has 0 fully saturated rings. The number of rotatable bonds is 15. The van der Waals surface area contributed by atoms with E-state index in [4.69, 9.17) is 14.5 Å². The van der Waals surface area contributed by atoms with Crippen LogP contribution in [-0.4, -0.2) is 62.2 Å². The maximum atomic E-state index is 14.2. The van der Waals surface area contributed by atoms with Crippen molar-refractivity contribution < 1.29 is 14.3 Å². The molecule has 1 aliphatic rings. The maximum Gasteiger partial charge on any atom is 0.260 e. The van der Waals surface area contributed by atoms with Crippen molar-refractivity contribution in [1.29, 1.82) is 0 Å². The first-order valence-corrected chi connectivity index (χ1v) is 15.0. The van der Waals surface area contributed by atoms with Crippen LogP contribution in [-0.2, 0) is 9.47 Å². The van der Waals surface area contributed by atoms with Crippen LogP contribution in [0.25, 0.3) is 11.4 Å². The summed E-state index contributed by atoms with van der Waals surface area (Å²) in [6.45, 7) is 18.4. The largest absolute Gasteiger partial charge is 0.379 e. The van der Waals surface area contributed by atoms with Crippen LogP contribution >= 0.6 is 0 Å². The molecule has 1 amide bonds. The number of nitrogens with one attached hydrogen (secondary N) is 1. The lowest BCUT2D eigenvalue weighted by molar-refractivity contribution is -0.0578. The second-order valence-corrected chi connectivity index (χ2v) is 12.1. The van der Waals surface area contributed by atoms with Crippen molar-refractivity contribution in [2.75, 3.05) is 38.9 Å². The van der Waals surface area contributed by atoms with Gasteiger partial charge in [-0.15, -0.1) is 0 Å². The summed E-state index contributed by atoms with van der Waals surface area (Å²) in [5.41, 5.74) is 5.20. The quantitative estimate of drug-likeness (QED) is 0.225. The predicted molar refractivity (Wildman–Crippen MR) is 176 cm³/mol. The van der Waals surface area contributed by atoms with Gasteiger partial charge in [0.25, 0.3) is 5.91 Å². The minimum atomic E-state index is -0.427. The van der Waals surface area contributed by atoms with Crippen molar-refractivity contribution in [3.63, 3.8) is 0 Å². The number of methoxy groups -OCH3 is 1. The number of para-hydroxylation sites is 1. The van der Waals surface area contributed by atoms with E-state index in [1.807, 2.05) is 54.3 Å². The van der Waals surface area contributed by atoms with Crippen LogP contribution in [0.5, 0.6) is 0 Å². The number of nitrogens with zero attached hydrogens (tertiary/aromatic N) is 3. The van der Waals surface area contributed by atoms with Gasteiger partial charge < -0.3 is 19.7 Å². The predicted octanol–water partition coefficient (Wildman–Crippen LogP) is 7.36. The molecule has 0 saturated heterocycles. The van der Waals surface area contributed by atoms with Gasteiger partial charge in [0.2, 0.25) is 0 Å². The van der Waals surface area contributed by atoms with Crippen LogP contribution in [0.2, 0.25) is 0 Å². The number of benzene rings is 2. The highest BCUT2D eigenvalue weighted by Gasteiger charge is 2.31. The van der Waals surface area contributed by atoms with E-state index in [2.05, 4.69) is 64.5 Å². The summed E-state index contributed by atoms with van der Waals surface area (Å²) in [7, 11) is 3.83. The van der Waals surface area contributed by atoms with E-state index >= 15 is 0 Å². The number of anilines is 1. The number of carbonyl (C=O) groups is 1. The molecule has 228 valence electrons. The molecule has 3 rings (SSSR count). The monoisotopic (exact) mass is 574 g/mol. The summed E-state index contributed by atoms with van der Waals surface area (Å²) >= 11 is 0. The fourth-order valence-corrected chi connectivity index (χ4v) is 5.10. The number of ether oxygens (including phenoxy) is 2. The number of hydrogen-bond acceptors (Lipinski definition) is 6. The number of hydrogen-bond donors (Lipinski definition) is 1. The van der Waals surface area contributed by atoms with Gasteiger partial charge >= 0.3 is 0 Å². The van der Waals surface area contributed by atoms with E-state index in [-0.39, 0.29) is 18.2 Å². The van der Waals surface area contributed by atoms with Crippen LogP contribution < -0.4 is 10.2 Å². The van der Waals surface area contributed by atoms with Gasteiger partial charge in [-0.25, -0.2) is 0 Å². The molecule has 0 radical (unpaired) electrons. The molecule has 2 aromatic carbocycles. The van der Waals surface area contributed by atoms with Crippen LogP contribution in [0.1, 0.15) is 88.7 Å². The average molecular weight is 575 g/mol. The molecule has 42 heavy (non-hydrogen) atoms. The molecule has 0 saturated carbocycles. The normalized spacial score (nSPS) is 15.7. The zero-order valence-corrected chi connectivity index (χ0v) is 26.9. The Morgan fingerprint density at radius 1 is 1.05 bits per heavy atom. The van der Waals surface area contributed by atoms with Crippen molar-refractivity contribution >= 4 is 29.2 Å². The maximum absolute atomic E-state index is 14.2. The minimum absolute atomic E-state index is 0.0882. The summed E-state index contributed by atoms with van der Waals surface area (Å²) in [5, 5.41) is 3.44. The van der Waals surface area contributed by atoms with Crippen LogP contribution in [0.15, 0.2) is 65.8 Å². The standard InChI is InChI=1S/C35H50N4O3/c1-10-12-22-38(8)32-29-19-15-16-20-30(29)39(33(40)28-18-14-13-17-27(28)31(32)36-11-2)25-37-26(3)24-35(6,7)42-23-21-34(4,5)41-9/h11,13-20,37H,3,10,12,21-25H2,1-2,4-9H3/b32-31-,36-11?. The molecule has 7 nitrogen and oxygen atoms in total. The van der Waals surface area contributed by atoms with Gasteiger partial charge in [0.1, 0.15) is 0 Å². The molecular formula is C35H50N4O3. The molecule has 1 N–H and O–H groups in total. The highest BCUT2D eigenvalue weighted by molar-refractivity contribution is 6.14. The van der Waals surface area contributed by atoms with E-state index in [0.29, 0.717) is 18.6 Å². The first kappa shape index (κ1) is 33.1. The van der Waals surface area contributed by atoms with E-state index in [1.165, 1.54) is 0 Å². The Labute approximate surface area is 253 Å². The number of amides is 1. The summed E-state index contributed by atoms with van der Waals surface area (Å²) in [6.07, 6.45) is 5.33. The average Bonchev–Trinajstić information content (AvgIpc) is 2.95. The topological polar surface area (TPSA) is 66.4 Å². The van der Waals surface area contributed by atoms with Gasteiger partial charge in [-0.05, 0) is 59.6 Å². The van der Waals surface area contributed by atoms with Crippen molar-refractivity contribution in [2.45, 2.75) is 78.4 Å². The first-order chi connectivity index (χ1) is 19.9. The summed E-state index contributed by atoms with van der Waals surface area (Å²) in [4.78, 5) is 23.2. The second kappa shape index (κ2) is 14.7. The van der Waals surface area contributed by atoms with Crippen molar-refractivity contribution in [1.82, 2.24) is 10.2 Å². The molecule has 0 atom stereocenters. The smallest absolute Gasteiger partial charge is 0.260 e. The van der Waals surface area contributed by atoms with Gasteiger partial charge in [-0.2, -0.15) is 0 Å². The molecule has 0 spiro atoms. The van der Waals surface area contributed by atoms with E-state index in [0.717, 1.165) is 59.7 Å². The van der Waals surface area contributed by atoms with E-state index in [1.54, 1.807) is 13.3 Å². The fourth-order valence-electron chi connectivity index (χ4n) is 5.10. The van der Waals surface area contributed by atoms with Crippen LogP contribution in [0.3, 0.4) is 0 Å². The van der Waals surface area contributed by atoms with E-state index in [9.17, 15) is 4.79 Å². The summed E-state index contributed by atoms with van der Waals surface area (Å²) in [5.74, 6) is -0.0882. The highest BCUT2D eigenvalue weighted by atomic mass is 16.5. The summed E-state index contributed by atoms with van der Waals surface area (Å²) in [6, 6.07) is 15.9. The Kier molecular flexibility index (Phi) is 11.5. The molecular weight excluding hydrogens is 524 g/mol. The second-order valence-electron chi connectivity index (χ2n) is 12.1. The van der Waals surface area contributed by atoms with Crippen molar-refractivity contribution in [3.8, 4) is 0 Å². The SMILES string of the molecule is C=C(CC(C)(C)OCCC(C)(C)OC)NCN1C(=O)c2ccccc2/C(N=CC)=C(/N(C)CCCC)c2ccccc21.